The molecule has 12 nitrogen and oxygen atoms in total. The summed E-state index contributed by atoms with van der Waals surface area (Å²) in [6, 6.07) is -0.944. The van der Waals surface area contributed by atoms with Crippen molar-refractivity contribution in [3.05, 3.63) is 24.3 Å². The van der Waals surface area contributed by atoms with Gasteiger partial charge in [-0.2, -0.15) is 8.42 Å². The molecule has 13 heteroatoms. The molecular formula is C43H81NO11S. The van der Waals surface area contributed by atoms with Gasteiger partial charge in [0.1, 0.15) is 24.4 Å². The van der Waals surface area contributed by atoms with Crippen LogP contribution in [0.4, 0.5) is 0 Å². The minimum absolute atomic E-state index is 0.260. The minimum atomic E-state index is -5.08. The highest BCUT2D eigenvalue weighted by atomic mass is 32.3. The predicted molar refractivity (Wildman–Crippen MR) is 222 cm³/mol. The number of nitrogens with one attached hydrogen (secondary N) is 1. The highest BCUT2D eigenvalue weighted by Gasteiger charge is 2.48. The van der Waals surface area contributed by atoms with Crippen LogP contribution in [0.5, 0.6) is 0 Å². The Bertz CT molecular complexity index is 1110. The van der Waals surface area contributed by atoms with Crippen LogP contribution in [-0.4, -0.2) is 95.4 Å². The van der Waals surface area contributed by atoms with E-state index in [4.69, 9.17) is 14.0 Å². The molecule has 6 N–H and O–H groups in total. The zero-order valence-corrected chi connectivity index (χ0v) is 35.8. The monoisotopic (exact) mass is 820 g/mol. The van der Waals surface area contributed by atoms with E-state index >= 15 is 0 Å². The van der Waals surface area contributed by atoms with E-state index in [9.17, 15) is 33.6 Å². The van der Waals surface area contributed by atoms with Crippen LogP contribution in [0.1, 0.15) is 187 Å². The molecule has 0 aromatic carbocycles. The van der Waals surface area contributed by atoms with E-state index in [-0.39, 0.29) is 18.9 Å². The number of hydrogen-bond donors (Lipinski definition) is 6. The number of aliphatic hydroxyl groups excluding tert-OH is 4. The highest BCUT2D eigenvalue weighted by molar-refractivity contribution is 7.80. The zero-order chi connectivity index (χ0) is 41.3. The Morgan fingerprint density at radius 1 is 0.696 bits per heavy atom. The van der Waals surface area contributed by atoms with Crippen LogP contribution >= 0.6 is 0 Å². The molecule has 1 fully saturated rings. The van der Waals surface area contributed by atoms with Gasteiger partial charge in [-0.05, 0) is 44.9 Å². The van der Waals surface area contributed by atoms with E-state index in [1.54, 1.807) is 6.08 Å². The van der Waals surface area contributed by atoms with Crippen LogP contribution in [0.2, 0.25) is 0 Å². The van der Waals surface area contributed by atoms with Gasteiger partial charge >= 0.3 is 10.4 Å². The van der Waals surface area contributed by atoms with Gasteiger partial charge in [-0.3, -0.25) is 9.35 Å². The number of hydrogen-bond acceptors (Lipinski definition) is 10. The molecule has 1 amide bonds. The number of aliphatic hydroxyl groups is 4. The molecule has 7 atom stereocenters. The first kappa shape index (κ1) is 52.6. The summed E-state index contributed by atoms with van der Waals surface area (Å²) in [5.74, 6) is -0.272. The predicted octanol–water partition coefficient (Wildman–Crippen LogP) is 8.16. The van der Waals surface area contributed by atoms with Gasteiger partial charge < -0.3 is 35.2 Å². The zero-order valence-electron chi connectivity index (χ0n) is 35.0. The molecule has 0 aliphatic carbocycles. The van der Waals surface area contributed by atoms with Crippen molar-refractivity contribution in [2.45, 2.75) is 230 Å². The van der Waals surface area contributed by atoms with E-state index in [0.29, 0.717) is 6.42 Å². The Balaban J connectivity index is 2.56. The molecule has 0 radical (unpaired) electrons. The maximum atomic E-state index is 13.0. The molecule has 0 spiro atoms. The summed E-state index contributed by atoms with van der Waals surface area (Å²) in [6.07, 6.45) is 29.3. The van der Waals surface area contributed by atoms with Gasteiger partial charge in [-0.1, -0.05) is 160 Å². The third kappa shape index (κ3) is 27.3. The molecule has 7 unspecified atom stereocenters. The molecule has 330 valence electrons. The summed E-state index contributed by atoms with van der Waals surface area (Å²) >= 11 is 0. The van der Waals surface area contributed by atoms with Crippen molar-refractivity contribution in [2.24, 2.45) is 0 Å². The quantitative estimate of drug-likeness (QED) is 0.0201. The summed E-state index contributed by atoms with van der Waals surface area (Å²) < 4.78 is 47.5. The van der Waals surface area contributed by atoms with Gasteiger partial charge in [-0.25, -0.2) is 4.18 Å². The third-order valence-corrected chi connectivity index (χ3v) is 10.9. The maximum Gasteiger partial charge on any atom is 0.397 e. The topological polar surface area (TPSA) is 192 Å². The number of allylic oxidation sites excluding steroid dienone is 3. The Labute approximate surface area is 340 Å². The molecule has 1 saturated heterocycles. The third-order valence-electron chi connectivity index (χ3n) is 10.5. The Kier molecular flexibility index (Phi) is 32.4. The van der Waals surface area contributed by atoms with Crippen molar-refractivity contribution in [1.29, 1.82) is 0 Å². The molecule has 1 aliphatic rings. The van der Waals surface area contributed by atoms with Gasteiger partial charge in [0.15, 0.2) is 6.29 Å². The van der Waals surface area contributed by atoms with Gasteiger partial charge in [0.25, 0.3) is 0 Å². The number of unbranched alkanes of at least 4 members (excludes halogenated alkanes) is 23. The van der Waals surface area contributed by atoms with Crippen LogP contribution in [-0.2, 0) is 28.9 Å². The van der Waals surface area contributed by atoms with Crippen molar-refractivity contribution in [2.75, 3.05) is 13.2 Å². The van der Waals surface area contributed by atoms with Crippen molar-refractivity contribution < 1.29 is 51.8 Å². The summed E-state index contributed by atoms with van der Waals surface area (Å²) in [4.78, 5) is 13.0. The standard InChI is InChI=1S/C43H81NO11S/c1-3-5-7-9-11-13-15-17-18-19-21-23-25-27-29-31-33-39(47)44-36(37(46)32-30-28-26-24-22-20-16-14-12-10-8-6-4-2)35-53-43-41(49)42(55-56(50,51)52)40(48)38(34-45)54-43/h18-19,30,32,36-38,40-43,45-46,48-49H,3-17,20-29,31,33-35H2,1-2H3,(H,44,47)(H,50,51,52)/b19-18-,32-30+. The molecule has 56 heavy (non-hydrogen) atoms. The van der Waals surface area contributed by atoms with Crippen molar-refractivity contribution >= 4 is 16.3 Å². The molecular weight excluding hydrogens is 739 g/mol. The number of rotatable bonds is 37. The van der Waals surface area contributed by atoms with Crippen LogP contribution < -0.4 is 5.32 Å². The van der Waals surface area contributed by atoms with Gasteiger partial charge in [0.2, 0.25) is 5.91 Å². The van der Waals surface area contributed by atoms with Crippen LogP contribution in [0.15, 0.2) is 24.3 Å². The van der Waals surface area contributed by atoms with E-state index in [1.807, 2.05) is 6.08 Å². The van der Waals surface area contributed by atoms with Gasteiger partial charge in [0, 0.05) is 6.42 Å². The van der Waals surface area contributed by atoms with E-state index in [1.165, 1.54) is 103 Å². The first-order valence-corrected chi connectivity index (χ1v) is 23.6. The summed E-state index contributed by atoms with van der Waals surface area (Å²) in [6.45, 7) is 3.36. The van der Waals surface area contributed by atoms with Crippen LogP contribution in [0.25, 0.3) is 0 Å². The molecule has 0 aromatic rings. The fourth-order valence-corrected chi connectivity index (χ4v) is 7.49. The first-order chi connectivity index (χ1) is 27.0. The van der Waals surface area contributed by atoms with Crippen molar-refractivity contribution in [3.8, 4) is 0 Å². The van der Waals surface area contributed by atoms with Crippen molar-refractivity contribution in [3.63, 3.8) is 0 Å². The SMILES string of the molecule is CCCCCCCCC/C=C\CCCCCCCC(=O)NC(COC1OC(CO)C(O)C(OS(=O)(=O)O)C1O)C(O)/C=C/CCCCCCCCCCCCC. The maximum absolute atomic E-state index is 13.0. The second kappa shape index (κ2) is 34.4. The lowest BCUT2D eigenvalue weighted by molar-refractivity contribution is -0.298. The lowest BCUT2D eigenvalue weighted by Gasteiger charge is -2.41. The Hall–Kier alpha value is -1.42. The summed E-state index contributed by atoms with van der Waals surface area (Å²) in [7, 11) is -5.08. The van der Waals surface area contributed by atoms with E-state index < -0.39 is 59.9 Å². The number of amides is 1. The molecule has 0 bridgehead atoms. The van der Waals surface area contributed by atoms with Crippen LogP contribution in [0, 0.1) is 0 Å². The number of carbonyl (C=O) groups excluding carboxylic acids is 1. The average Bonchev–Trinajstić information content (AvgIpc) is 3.16. The average molecular weight is 820 g/mol. The largest absolute Gasteiger partial charge is 0.397 e. The lowest BCUT2D eigenvalue weighted by atomic mass is 9.99. The molecule has 1 rings (SSSR count). The van der Waals surface area contributed by atoms with Gasteiger partial charge in [-0.15, -0.1) is 0 Å². The second-order valence-electron chi connectivity index (χ2n) is 15.6. The Morgan fingerprint density at radius 3 is 1.61 bits per heavy atom. The molecule has 0 aromatic heterocycles. The number of carbonyl (C=O) groups is 1. The lowest BCUT2D eigenvalue weighted by Crippen LogP contribution is -2.61. The fourth-order valence-electron chi connectivity index (χ4n) is 6.98. The van der Waals surface area contributed by atoms with Gasteiger partial charge in [0.05, 0.1) is 25.4 Å². The molecule has 1 heterocycles. The molecule has 1 aliphatic heterocycles. The molecule has 0 saturated carbocycles. The fraction of sp³-hybridized carbons (Fsp3) is 0.884. The normalized spacial score (nSPS) is 21.6. The highest BCUT2D eigenvalue weighted by Crippen LogP contribution is 2.26. The summed E-state index contributed by atoms with van der Waals surface area (Å²) in [5.41, 5.74) is 0. The smallest absolute Gasteiger partial charge is 0.394 e. The summed E-state index contributed by atoms with van der Waals surface area (Å²) in [5, 5.41) is 44.6. The number of ether oxygens (including phenoxy) is 2. The van der Waals surface area contributed by atoms with E-state index in [0.717, 1.165) is 57.8 Å². The first-order valence-electron chi connectivity index (χ1n) is 22.2. The van der Waals surface area contributed by atoms with E-state index in [2.05, 4.69) is 35.5 Å². The van der Waals surface area contributed by atoms with Crippen LogP contribution in [0.3, 0.4) is 0 Å². The minimum Gasteiger partial charge on any atom is -0.394 e. The Morgan fingerprint density at radius 2 is 1.14 bits per heavy atom. The second-order valence-corrected chi connectivity index (χ2v) is 16.7. The van der Waals surface area contributed by atoms with Crippen molar-refractivity contribution in [1.82, 2.24) is 5.32 Å².